The van der Waals surface area contributed by atoms with Gasteiger partial charge in [0.15, 0.2) is 0 Å². The molecule has 0 bridgehead atoms. The maximum absolute atomic E-state index is 11.9. The van der Waals surface area contributed by atoms with E-state index in [0.717, 1.165) is 0 Å². The van der Waals surface area contributed by atoms with Crippen molar-refractivity contribution in [1.82, 2.24) is 0 Å². The van der Waals surface area contributed by atoms with Gasteiger partial charge in [-0.2, -0.15) is 0 Å². The van der Waals surface area contributed by atoms with Crippen molar-refractivity contribution in [2.45, 2.75) is 20.0 Å². The van der Waals surface area contributed by atoms with Gasteiger partial charge in [-0.1, -0.05) is 13.8 Å². The molecule has 5 nitrogen and oxygen atoms in total. The van der Waals surface area contributed by atoms with E-state index in [1.165, 1.54) is 12.1 Å². The van der Waals surface area contributed by atoms with E-state index in [0.29, 0.717) is 18.3 Å². The second kappa shape index (κ2) is 5.22. The summed E-state index contributed by atoms with van der Waals surface area (Å²) in [4.78, 5) is 34.1. The Balaban J connectivity index is 2.25. The summed E-state index contributed by atoms with van der Waals surface area (Å²) in [7, 11) is 0. The van der Waals surface area contributed by atoms with Crippen LogP contribution in [0.5, 0.6) is 5.75 Å². The Bertz CT molecular complexity index is 533. The van der Waals surface area contributed by atoms with Crippen molar-refractivity contribution < 1.29 is 23.9 Å². The Hall–Kier alpha value is -2.17. The van der Waals surface area contributed by atoms with Crippen LogP contribution >= 0.6 is 0 Å². The molecule has 1 aromatic rings. The summed E-state index contributed by atoms with van der Waals surface area (Å²) in [6, 6.07) is 4.68. The van der Waals surface area contributed by atoms with Gasteiger partial charge in [0.25, 0.3) is 6.47 Å². The highest BCUT2D eigenvalue weighted by Crippen LogP contribution is 2.28. The average molecular weight is 262 g/mol. The minimum absolute atomic E-state index is 0.114. The van der Waals surface area contributed by atoms with Crippen LogP contribution in [0.25, 0.3) is 0 Å². The van der Waals surface area contributed by atoms with Gasteiger partial charge in [0.1, 0.15) is 5.75 Å². The molecule has 0 aliphatic heterocycles. The van der Waals surface area contributed by atoms with E-state index >= 15 is 0 Å². The van der Waals surface area contributed by atoms with Crippen LogP contribution < -0.4 is 4.74 Å². The van der Waals surface area contributed by atoms with Crippen molar-refractivity contribution >= 4 is 18.0 Å². The predicted molar refractivity (Wildman–Crippen MR) is 66.4 cm³/mol. The summed E-state index contributed by atoms with van der Waals surface area (Å²) in [6.07, 6.45) is -1.34. The monoisotopic (exact) mass is 262 g/mol. The third-order valence-corrected chi connectivity index (χ3v) is 2.77. The molecule has 0 fully saturated rings. The summed E-state index contributed by atoms with van der Waals surface area (Å²) in [5, 5.41) is 0. The molecule has 5 heteroatoms. The minimum Gasteiger partial charge on any atom is -0.493 e. The number of fused-ring (bicyclic) bond motifs is 1. The summed E-state index contributed by atoms with van der Waals surface area (Å²) in [5.41, 5.74) is 0.520. The third-order valence-electron chi connectivity index (χ3n) is 2.77. The fourth-order valence-corrected chi connectivity index (χ4v) is 1.88. The number of hydrogen-bond acceptors (Lipinski definition) is 5. The predicted octanol–water partition coefficient (Wildman–Crippen LogP) is 1.64. The van der Waals surface area contributed by atoms with E-state index in [4.69, 9.17) is 4.74 Å². The summed E-state index contributed by atoms with van der Waals surface area (Å²) < 4.78 is 10.0. The van der Waals surface area contributed by atoms with Crippen molar-refractivity contribution in [2.24, 2.45) is 5.92 Å². The Morgan fingerprint density at radius 1 is 1.21 bits per heavy atom. The van der Waals surface area contributed by atoms with Gasteiger partial charge in [0, 0.05) is 11.1 Å². The van der Waals surface area contributed by atoms with E-state index in [9.17, 15) is 14.4 Å². The lowest BCUT2D eigenvalue weighted by Gasteiger charge is -2.09. The highest BCUT2D eigenvalue weighted by atomic mass is 16.5. The van der Waals surface area contributed by atoms with Crippen molar-refractivity contribution in [3.8, 4) is 5.75 Å². The van der Waals surface area contributed by atoms with Crippen LogP contribution in [-0.4, -0.2) is 30.7 Å². The molecule has 0 saturated carbocycles. The van der Waals surface area contributed by atoms with Gasteiger partial charge in [-0.05, 0) is 24.1 Å². The Morgan fingerprint density at radius 2 is 1.89 bits per heavy atom. The molecule has 0 aromatic heterocycles. The molecule has 1 unspecified atom stereocenters. The van der Waals surface area contributed by atoms with Crippen LogP contribution in [0.3, 0.4) is 0 Å². The molecule has 0 radical (unpaired) electrons. The van der Waals surface area contributed by atoms with Crippen molar-refractivity contribution in [2.75, 3.05) is 6.61 Å². The van der Waals surface area contributed by atoms with Gasteiger partial charge in [-0.3, -0.25) is 14.4 Å². The SMILES string of the molecule is CC(C)COc1ccc2c(c1)C(=O)C(OC=O)C2=O. The zero-order chi connectivity index (χ0) is 14.0. The molecule has 0 saturated heterocycles. The largest absolute Gasteiger partial charge is 0.493 e. The Labute approximate surface area is 110 Å². The molecule has 0 amide bonds. The maximum Gasteiger partial charge on any atom is 0.294 e. The van der Waals surface area contributed by atoms with E-state index in [-0.39, 0.29) is 17.6 Å². The molecule has 1 aliphatic carbocycles. The number of benzene rings is 1. The van der Waals surface area contributed by atoms with Crippen molar-refractivity contribution in [1.29, 1.82) is 0 Å². The molecule has 1 atom stereocenters. The summed E-state index contributed by atoms with van der Waals surface area (Å²) >= 11 is 0. The second-order valence-corrected chi connectivity index (χ2v) is 4.75. The third kappa shape index (κ3) is 2.50. The fourth-order valence-electron chi connectivity index (χ4n) is 1.88. The number of ether oxygens (including phenoxy) is 2. The van der Waals surface area contributed by atoms with Gasteiger partial charge in [-0.25, -0.2) is 0 Å². The van der Waals surface area contributed by atoms with Crippen LogP contribution in [0, 0.1) is 5.92 Å². The molecular weight excluding hydrogens is 248 g/mol. The van der Waals surface area contributed by atoms with Crippen molar-refractivity contribution in [3.63, 3.8) is 0 Å². The van der Waals surface area contributed by atoms with E-state index in [2.05, 4.69) is 4.74 Å². The molecule has 2 rings (SSSR count). The zero-order valence-corrected chi connectivity index (χ0v) is 10.7. The van der Waals surface area contributed by atoms with Crippen LogP contribution in [0.15, 0.2) is 18.2 Å². The first kappa shape index (κ1) is 13.3. The molecule has 100 valence electrons. The van der Waals surface area contributed by atoms with E-state index in [1.807, 2.05) is 13.8 Å². The molecule has 1 aliphatic rings. The standard InChI is InChI=1S/C14H14O5/c1-8(2)6-18-9-3-4-10-11(5-9)13(17)14(12(10)16)19-7-15/h3-5,7-8,14H,6H2,1-2H3. The highest BCUT2D eigenvalue weighted by molar-refractivity contribution is 6.29. The zero-order valence-electron chi connectivity index (χ0n) is 10.7. The molecule has 1 aromatic carbocycles. The second-order valence-electron chi connectivity index (χ2n) is 4.75. The van der Waals surface area contributed by atoms with Gasteiger partial charge in [-0.15, -0.1) is 0 Å². The van der Waals surface area contributed by atoms with Gasteiger partial charge in [0.2, 0.25) is 17.7 Å². The van der Waals surface area contributed by atoms with E-state index < -0.39 is 17.7 Å². The smallest absolute Gasteiger partial charge is 0.294 e. The number of carbonyl (C=O) groups is 3. The van der Waals surface area contributed by atoms with Gasteiger partial charge >= 0.3 is 0 Å². The lowest BCUT2D eigenvalue weighted by molar-refractivity contribution is -0.130. The van der Waals surface area contributed by atoms with Crippen LogP contribution in [0.1, 0.15) is 34.6 Å². The van der Waals surface area contributed by atoms with Crippen LogP contribution in [0.4, 0.5) is 0 Å². The Morgan fingerprint density at radius 3 is 2.53 bits per heavy atom. The number of hydrogen-bond donors (Lipinski definition) is 0. The fraction of sp³-hybridized carbons (Fsp3) is 0.357. The lowest BCUT2D eigenvalue weighted by atomic mass is 10.1. The first-order valence-electron chi connectivity index (χ1n) is 5.99. The number of rotatable bonds is 5. The lowest BCUT2D eigenvalue weighted by Crippen LogP contribution is -2.25. The summed E-state index contributed by atoms with van der Waals surface area (Å²) in [6.45, 7) is 4.66. The quantitative estimate of drug-likeness (QED) is 0.596. The molecule has 0 N–H and O–H groups in total. The highest BCUT2D eigenvalue weighted by Gasteiger charge is 2.40. The van der Waals surface area contributed by atoms with Crippen molar-refractivity contribution in [3.05, 3.63) is 29.3 Å². The van der Waals surface area contributed by atoms with Crippen LogP contribution in [0.2, 0.25) is 0 Å². The molecular formula is C14H14O5. The summed E-state index contributed by atoms with van der Waals surface area (Å²) in [5.74, 6) is -0.0957. The number of Topliss-reactive ketones (excluding diaryl/α,β-unsaturated/α-hetero) is 2. The first-order chi connectivity index (χ1) is 9.04. The minimum atomic E-state index is -1.34. The maximum atomic E-state index is 11.9. The Kier molecular flexibility index (Phi) is 3.64. The molecule has 19 heavy (non-hydrogen) atoms. The number of ketones is 2. The normalized spacial score (nSPS) is 17.5. The number of carbonyl (C=O) groups excluding carboxylic acids is 3. The van der Waals surface area contributed by atoms with Gasteiger partial charge < -0.3 is 9.47 Å². The molecule has 0 heterocycles. The average Bonchev–Trinajstić information content (AvgIpc) is 2.62. The van der Waals surface area contributed by atoms with Crippen LogP contribution in [-0.2, 0) is 9.53 Å². The topological polar surface area (TPSA) is 69.7 Å². The first-order valence-corrected chi connectivity index (χ1v) is 5.99. The molecule has 0 spiro atoms. The van der Waals surface area contributed by atoms with E-state index in [1.54, 1.807) is 6.07 Å². The van der Waals surface area contributed by atoms with Gasteiger partial charge in [0.05, 0.1) is 6.61 Å².